The average Bonchev–Trinajstić information content (AvgIpc) is 2.98. The molecule has 0 amide bonds. The highest BCUT2D eigenvalue weighted by molar-refractivity contribution is 6.33. The molecule has 0 spiro atoms. The van der Waals surface area contributed by atoms with Crippen LogP contribution in [-0.2, 0) is 13.6 Å². The molecule has 0 saturated carbocycles. The maximum Gasteiger partial charge on any atom is 0.214 e. The summed E-state index contributed by atoms with van der Waals surface area (Å²) < 4.78 is 1.80. The highest BCUT2D eigenvalue weighted by atomic mass is 35.5. The van der Waals surface area contributed by atoms with Gasteiger partial charge in [0.25, 0.3) is 0 Å². The molecule has 0 fully saturated rings. The molecule has 0 unspecified atom stereocenters. The van der Waals surface area contributed by atoms with Crippen molar-refractivity contribution in [2.75, 3.05) is 4.90 Å². The minimum absolute atomic E-state index is 0.0366. The Morgan fingerprint density at radius 3 is 2.41 bits per heavy atom. The van der Waals surface area contributed by atoms with Crippen LogP contribution in [0.3, 0.4) is 0 Å². The van der Waals surface area contributed by atoms with E-state index in [1.807, 2.05) is 38.9 Å². The number of nitrogens with one attached hydrogen (secondary N) is 1. The molecule has 1 N–H and O–H groups in total. The predicted molar refractivity (Wildman–Crippen MR) is 129 cm³/mol. The van der Waals surface area contributed by atoms with Crippen molar-refractivity contribution in [1.29, 1.82) is 5.26 Å². The highest BCUT2D eigenvalue weighted by Gasteiger charge is 2.20. The molecule has 8 nitrogen and oxygen atoms in total. The maximum absolute atomic E-state index is 9.32. The Morgan fingerprint density at radius 1 is 1.19 bits per heavy atom. The molecule has 0 radical (unpaired) electrons. The zero-order valence-electron chi connectivity index (χ0n) is 19.0. The first-order chi connectivity index (χ1) is 15.1. The first kappa shape index (κ1) is 23.8. The molecular formula is C22H26Cl2N8. The quantitative estimate of drug-likeness (QED) is 0.244. The lowest BCUT2D eigenvalue weighted by Gasteiger charge is -2.30. The zero-order valence-corrected chi connectivity index (χ0v) is 20.5. The third kappa shape index (κ3) is 4.95. The Hall–Kier alpha value is -2.89. The smallest absolute Gasteiger partial charge is 0.214 e. The van der Waals surface area contributed by atoms with Crippen LogP contribution >= 0.6 is 23.2 Å². The molecule has 10 heteroatoms. The lowest BCUT2D eigenvalue weighted by Crippen LogP contribution is -2.45. The summed E-state index contributed by atoms with van der Waals surface area (Å²) >= 11 is 12.2. The number of anilines is 1. The topological polar surface area (TPSA) is 95.0 Å². The minimum atomic E-state index is -0.0366. The number of nitrogens with zero attached hydrogens (tertiary/aromatic N) is 7. The fourth-order valence-corrected chi connectivity index (χ4v) is 4.18. The van der Waals surface area contributed by atoms with Gasteiger partial charge >= 0.3 is 0 Å². The van der Waals surface area contributed by atoms with Gasteiger partial charge in [0.05, 0.1) is 23.6 Å². The molecule has 3 rings (SSSR count). The number of hydrogen-bond donors (Lipinski definition) is 1. The van der Waals surface area contributed by atoms with E-state index in [0.29, 0.717) is 24.1 Å². The first-order valence-electron chi connectivity index (χ1n) is 10.3. The van der Waals surface area contributed by atoms with E-state index in [0.717, 1.165) is 22.4 Å². The second-order valence-electron chi connectivity index (χ2n) is 8.09. The number of nitriles is 1. The molecule has 32 heavy (non-hydrogen) atoms. The number of halogens is 2. The number of aliphatic imine (C=N–C) groups is 1. The van der Waals surface area contributed by atoms with Crippen LogP contribution in [0.15, 0.2) is 23.2 Å². The summed E-state index contributed by atoms with van der Waals surface area (Å²) in [6.07, 6.45) is 1.88. The summed E-state index contributed by atoms with van der Waals surface area (Å²) in [6.45, 7) is 10.6. The molecule has 0 aliphatic rings. The third-order valence-corrected chi connectivity index (χ3v) is 5.42. The minimum Gasteiger partial charge on any atom is -0.349 e. The fourth-order valence-electron chi connectivity index (χ4n) is 3.73. The molecule has 3 aromatic rings. The summed E-state index contributed by atoms with van der Waals surface area (Å²) in [5.41, 5.74) is 4.48. The number of fused-ring (bicyclic) bond motifs is 1. The van der Waals surface area contributed by atoms with Gasteiger partial charge in [0.2, 0.25) is 12.2 Å². The second-order valence-corrected chi connectivity index (χ2v) is 8.86. The van der Waals surface area contributed by atoms with Gasteiger partial charge in [-0.1, -0.05) is 37.0 Å². The van der Waals surface area contributed by atoms with E-state index in [1.165, 1.54) is 5.56 Å². The molecule has 0 aliphatic heterocycles. The standard InChI is InChI=1S/C22H26Cl2N8/c1-12(2)17-7-15(28-21-20(17)14(5)30-31(21)6)10-26-22(27-11-25)32(13(3)4)16-8-18(23)29-19(24)9-16/h7-9,12-13H,10H2,1-6H3,(H,26,27). The highest BCUT2D eigenvalue weighted by Crippen LogP contribution is 2.28. The monoisotopic (exact) mass is 472 g/mol. The summed E-state index contributed by atoms with van der Waals surface area (Å²) in [5, 5.41) is 18.7. The molecule has 3 heterocycles. The van der Waals surface area contributed by atoms with Crippen LogP contribution in [0.4, 0.5) is 5.69 Å². The van der Waals surface area contributed by atoms with Gasteiger partial charge in [-0.2, -0.15) is 10.4 Å². The molecule has 0 saturated heterocycles. The SMILES string of the molecule is Cc1nn(C)c2nc(CN/C(=N\C#N)N(c3cc(Cl)nc(Cl)c3)C(C)C)cc(C(C)C)c12. The Bertz CT molecular complexity index is 1190. The zero-order chi connectivity index (χ0) is 23.6. The first-order valence-corrected chi connectivity index (χ1v) is 11.0. The van der Waals surface area contributed by atoms with Crippen molar-refractivity contribution in [1.82, 2.24) is 25.1 Å². The van der Waals surface area contributed by atoms with Crippen LogP contribution in [0.25, 0.3) is 11.0 Å². The Balaban J connectivity index is 1.98. The number of aryl methyl sites for hydroxylation is 2. The summed E-state index contributed by atoms with van der Waals surface area (Å²) in [6, 6.07) is 5.41. The summed E-state index contributed by atoms with van der Waals surface area (Å²) in [4.78, 5) is 14.7. The van der Waals surface area contributed by atoms with Crippen molar-refractivity contribution in [2.24, 2.45) is 12.0 Å². The van der Waals surface area contributed by atoms with Gasteiger partial charge in [-0.25, -0.2) is 9.97 Å². The van der Waals surface area contributed by atoms with E-state index < -0.39 is 0 Å². The molecule has 0 atom stereocenters. The molecule has 0 aromatic carbocycles. The predicted octanol–water partition coefficient (Wildman–Crippen LogP) is 4.94. The van der Waals surface area contributed by atoms with Gasteiger partial charge in [0, 0.05) is 18.5 Å². The van der Waals surface area contributed by atoms with E-state index in [-0.39, 0.29) is 16.3 Å². The van der Waals surface area contributed by atoms with Gasteiger partial charge in [-0.05, 0) is 50.5 Å². The van der Waals surface area contributed by atoms with E-state index in [1.54, 1.807) is 16.8 Å². The van der Waals surface area contributed by atoms with Crippen LogP contribution in [0.1, 0.15) is 50.6 Å². The lowest BCUT2D eigenvalue weighted by molar-refractivity contribution is 0.752. The molecule has 168 valence electrons. The molecule has 3 aromatic heterocycles. The molecule has 0 bridgehead atoms. The normalized spacial score (nSPS) is 12.0. The maximum atomic E-state index is 9.32. The number of aromatic nitrogens is 4. The van der Waals surface area contributed by atoms with Crippen molar-refractivity contribution in [3.05, 3.63) is 45.5 Å². The largest absolute Gasteiger partial charge is 0.349 e. The van der Waals surface area contributed by atoms with Gasteiger partial charge in [0.15, 0.2) is 5.65 Å². The molecule has 0 aliphatic carbocycles. The van der Waals surface area contributed by atoms with Gasteiger partial charge in [-0.3, -0.25) is 4.68 Å². The van der Waals surface area contributed by atoms with E-state index in [2.05, 4.69) is 40.3 Å². The lowest BCUT2D eigenvalue weighted by atomic mass is 9.99. The summed E-state index contributed by atoms with van der Waals surface area (Å²) in [7, 11) is 1.89. The van der Waals surface area contributed by atoms with Crippen molar-refractivity contribution in [2.45, 2.75) is 53.1 Å². The summed E-state index contributed by atoms with van der Waals surface area (Å²) in [5.74, 6) is 0.678. The van der Waals surface area contributed by atoms with Crippen LogP contribution in [0.2, 0.25) is 10.3 Å². The third-order valence-electron chi connectivity index (χ3n) is 5.03. The van der Waals surface area contributed by atoms with Crippen LogP contribution < -0.4 is 10.2 Å². The van der Waals surface area contributed by atoms with E-state index in [9.17, 15) is 5.26 Å². The fraction of sp³-hybridized carbons (Fsp3) is 0.409. The Kier molecular flexibility index (Phi) is 7.22. The van der Waals surface area contributed by atoms with Gasteiger partial charge < -0.3 is 10.2 Å². The Labute approximate surface area is 197 Å². The van der Waals surface area contributed by atoms with Crippen LogP contribution in [0.5, 0.6) is 0 Å². The molecular weight excluding hydrogens is 447 g/mol. The number of hydrogen-bond acceptors (Lipinski definition) is 5. The van der Waals surface area contributed by atoms with Gasteiger partial charge in [0.1, 0.15) is 10.3 Å². The number of guanidine groups is 1. The Morgan fingerprint density at radius 2 is 1.84 bits per heavy atom. The number of rotatable bonds is 5. The van der Waals surface area contributed by atoms with E-state index >= 15 is 0 Å². The van der Waals surface area contributed by atoms with Crippen molar-refractivity contribution in [3.63, 3.8) is 0 Å². The van der Waals surface area contributed by atoms with Crippen molar-refractivity contribution in [3.8, 4) is 6.19 Å². The van der Waals surface area contributed by atoms with Crippen LogP contribution in [-0.4, -0.2) is 31.7 Å². The van der Waals surface area contributed by atoms with Crippen molar-refractivity contribution >= 4 is 45.9 Å². The second kappa shape index (κ2) is 9.72. The average molecular weight is 473 g/mol. The van der Waals surface area contributed by atoms with Gasteiger partial charge in [-0.15, -0.1) is 4.99 Å². The van der Waals surface area contributed by atoms with Crippen LogP contribution in [0, 0.1) is 18.4 Å². The van der Waals surface area contributed by atoms with E-state index in [4.69, 9.17) is 28.2 Å². The van der Waals surface area contributed by atoms with Crippen molar-refractivity contribution < 1.29 is 0 Å². The number of pyridine rings is 2.